The second-order valence-corrected chi connectivity index (χ2v) is 20.3. The van der Waals surface area contributed by atoms with Crippen molar-refractivity contribution < 1.29 is 41.8 Å². The van der Waals surface area contributed by atoms with Gasteiger partial charge in [-0.25, -0.2) is 18.2 Å². The van der Waals surface area contributed by atoms with Gasteiger partial charge in [0, 0.05) is 23.3 Å². The number of pyridine rings is 1. The number of hydrogen-bond acceptors (Lipinski definition) is 10. The van der Waals surface area contributed by atoms with Crippen LogP contribution in [0.1, 0.15) is 122 Å². The first-order valence-corrected chi connectivity index (χ1v) is 22.5. The highest BCUT2D eigenvalue weighted by molar-refractivity contribution is 7.91. The molecule has 5 unspecified atom stereocenters. The minimum Gasteiger partial charge on any atom is -0.497 e. The van der Waals surface area contributed by atoms with Gasteiger partial charge in [-0.15, -0.1) is 0 Å². The molecule has 3 fully saturated rings. The van der Waals surface area contributed by atoms with E-state index in [4.69, 9.17) is 19.2 Å². The van der Waals surface area contributed by atoms with Crippen LogP contribution in [-0.4, -0.2) is 90.3 Å². The van der Waals surface area contributed by atoms with Crippen LogP contribution in [-0.2, 0) is 35.6 Å². The van der Waals surface area contributed by atoms with Gasteiger partial charge in [-0.2, -0.15) is 0 Å². The van der Waals surface area contributed by atoms with Gasteiger partial charge in [-0.05, 0) is 94.7 Å². The van der Waals surface area contributed by atoms with E-state index in [-0.39, 0.29) is 37.8 Å². The topological polar surface area (TPSA) is 182 Å². The van der Waals surface area contributed by atoms with Gasteiger partial charge in [0.2, 0.25) is 21.8 Å². The Balaban J connectivity index is 1.27. The van der Waals surface area contributed by atoms with Gasteiger partial charge in [-0.1, -0.05) is 52.7 Å². The minimum absolute atomic E-state index is 0.00576. The molecule has 1 aromatic carbocycles. The molecule has 14 nitrogen and oxygen atoms in total. The number of sulfonamides is 1. The number of fused-ring (bicyclic) bond motifs is 5. The van der Waals surface area contributed by atoms with Crippen LogP contribution in [0, 0.1) is 11.8 Å². The second-order valence-electron chi connectivity index (χ2n) is 18.1. The third-order valence-corrected chi connectivity index (χ3v) is 15.1. The molecule has 2 saturated carbocycles. The van der Waals surface area contributed by atoms with Gasteiger partial charge in [0.25, 0.3) is 5.91 Å². The summed E-state index contributed by atoms with van der Waals surface area (Å²) in [7, 11) is -2.39. The number of carbonyl (C=O) groups excluding carboxylic acids is 4. The minimum atomic E-state index is -4.01. The van der Waals surface area contributed by atoms with Crippen molar-refractivity contribution in [3.63, 3.8) is 0 Å². The SMILES string of the molecule is COc1ccc2nc(C(C)C)c3c(c2c1)CCC1(CC2C(=O)NC4(C(=O)NS(=O)(=O)C5(C)CC5)CCC4C=CCCCCCC(NC(=O)OCC(C)C)C(=O)N2C1)O3. The maximum Gasteiger partial charge on any atom is 0.407 e. The molecule has 0 radical (unpaired) electrons. The molecule has 1 saturated heterocycles. The number of amides is 4. The lowest BCUT2D eigenvalue weighted by Gasteiger charge is -2.48. The van der Waals surface area contributed by atoms with Crippen molar-refractivity contribution in [2.45, 2.75) is 146 Å². The normalized spacial score (nSPS) is 28.3. The summed E-state index contributed by atoms with van der Waals surface area (Å²) in [6.07, 6.45) is 9.31. The molecule has 0 bridgehead atoms. The van der Waals surface area contributed by atoms with Crippen LogP contribution in [0.5, 0.6) is 11.5 Å². The predicted molar refractivity (Wildman–Crippen MR) is 218 cm³/mol. The Kier molecular flexibility index (Phi) is 11.5. The van der Waals surface area contributed by atoms with Gasteiger partial charge in [0.05, 0.1) is 36.2 Å². The molecule has 316 valence electrons. The molecule has 1 aromatic heterocycles. The number of benzene rings is 1. The van der Waals surface area contributed by atoms with Crippen LogP contribution in [0.3, 0.4) is 0 Å². The zero-order valence-corrected chi connectivity index (χ0v) is 35.5. The molecule has 58 heavy (non-hydrogen) atoms. The van der Waals surface area contributed by atoms with Crippen molar-refractivity contribution in [1.29, 1.82) is 0 Å². The number of alkyl carbamates (subject to hydrolysis) is 1. The van der Waals surface area contributed by atoms with E-state index in [0.717, 1.165) is 35.0 Å². The van der Waals surface area contributed by atoms with Crippen molar-refractivity contribution in [1.82, 2.24) is 25.2 Å². The number of allylic oxidation sites excluding steroid dienone is 1. The monoisotopic (exact) mass is 821 g/mol. The molecule has 3 aliphatic heterocycles. The van der Waals surface area contributed by atoms with Crippen LogP contribution in [0.15, 0.2) is 30.4 Å². The lowest BCUT2D eigenvalue weighted by molar-refractivity contribution is -0.144. The number of hydrogen-bond donors (Lipinski definition) is 3. The van der Waals surface area contributed by atoms with Crippen molar-refractivity contribution in [3.8, 4) is 11.5 Å². The average molecular weight is 822 g/mol. The summed E-state index contributed by atoms with van der Waals surface area (Å²) in [5.41, 5.74) is 0.0252. The summed E-state index contributed by atoms with van der Waals surface area (Å²) < 4.78 is 46.1. The van der Waals surface area contributed by atoms with E-state index in [2.05, 4.69) is 15.4 Å². The molecular weight excluding hydrogens is 763 g/mol. The third-order valence-electron chi connectivity index (χ3n) is 12.9. The Bertz CT molecular complexity index is 2100. The van der Waals surface area contributed by atoms with E-state index in [1.54, 1.807) is 14.0 Å². The van der Waals surface area contributed by atoms with Crippen LogP contribution in [0.2, 0.25) is 0 Å². The van der Waals surface area contributed by atoms with Crippen molar-refractivity contribution in [2.24, 2.45) is 11.8 Å². The fourth-order valence-corrected chi connectivity index (χ4v) is 10.2. The molecule has 3 N–H and O–H groups in total. The smallest absolute Gasteiger partial charge is 0.407 e. The number of rotatable bonds is 8. The first-order chi connectivity index (χ1) is 27.5. The van der Waals surface area contributed by atoms with Crippen LogP contribution < -0.4 is 24.8 Å². The molecule has 2 aliphatic carbocycles. The maximum absolute atomic E-state index is 14.9. The predicted octanol–water partition coefficient (Wildman–Crippen LogP) is 5.57. The lowest BCUT2D eigenvalue weighted by Crippen LogP contribution is -2.70. The Morgan fingerprint density at radius 3 is 2.52 bits per heavy atom. The maximum atomic E-state index is 14.9. The highest BCUT2D eigenvalue weighted by Gasteiger charge is 2.59. The van der Waals surface area contributed by atoms with E-state index >= 15 is 0 Å². The number of aryl methyl sites for hydroxylation is 1. The number of nitrogens with one attached hydrogen (secondary N) is 3. The number of nitrogens with zero attached hydrogens (tertiary/aromatic N) is 2. The molecule has 1 spiro atoms. The molecule has 4 amide bonds. The van der Waals surface area contributed by atoms with Gasteiger partial charge in [0.1, 0.15) is 34.7 Å². The zero-order valence-electron chi connectivity index (χ0n) is 34.6. The summed E-state index contributed by atoms with van der Waals surface area (Å²) in [5, 5.41) is 6.75. The largest absolute Gasteiger partial charge is 0.497 e. The second kappa shape index (κ2) is 16.0. The molecule has 5 atom stereocenters. The van der Waals surface area contributed by atoms with Crippen LogP contribution >= 0.6 is 0 Å². The van der Waals surface area contributed by atoms with Crippen LogP contribution in [0.4, 0.5) is 4.79 Å². The lowest BCUT2D eigenvalue weighted by atomic mass is 9.65. The molecule has 15 heteroatoms. The summed E-state index contributed by atoms with van der Waals surface area (Å²) >= 11 is 0. The Hall–Kier alpha value is -4.40. The van der Waals surface area contributed by atoms with Gasteiger partial charge in [-0.3, -0.25) is 19.1 Å². The van der Waals surface area contributed by atoms with E-state index < -0.39 is 67.7 Å². The van der Waals surface area contributed by atoms with Crippen molar-refractivity contribution >= 4 is 44.7 Å². The average Bonchev–Trinajstić information content (AvgIpc) is 3.84. The number of ether oxygens (including phenoxy) is 3. The summed E-state index contributed by atoms with van der Waals surface area (Å²) in [6.45, 7) is 9.78. The van der Waals surface area contributed by atoms with E-state index in [0.29, 0.717) is 62.9 Å². The summed E-state index contributed by atoms with van der Waals surface area (Å²) in [6, 6.07) is 3.69. The third kappa shape index (κ3) is 7.99. The quantitative estimate of drug-likeness (QED) is 0.285. The number of aromatic nitrogens is 1. The Morgan fingerprint density at radius 2 is 1.84 bits per heavy atom. The van der Waals surface area contributed by atoms with Crippen molar-refractivity contribution in [2.75, 3.05) is 20.3 Å². The number of methoxy groups -OCH3 is 1. The highest BCUT2D eigenvalue weighted by atomic mass is 32.2. The highest BCUT2D eigenvalue weighted by Crippen LogP contribution is 2.48. The first kappa shape index (κ1) is 41.7. The molecule has 7 rings (SSSR count). The zero-order chi connectivity index (χ0) is 41.6. The van der Waals surface area contributed by atoms with E-state index in [1.165, 1.54) is 4.90 Å². The molecule has 4 heterocycles. The molecule has 2 aromatic rings. The van der Waals surface area contributed by atoms with E-state index in [9.17, 15) is 27.6 Å². The Labute approximate surface area is 341 Å². The fraction of sp³-hybridized carbons (Fsp3) is 0.651. The fourth-order valence-electron chi connectivity index (χ4n) is 8.85. The molecular formula is C43H59N5O9S. The van der Waals surface area contributed by atoms with Gasteiger partial charge >= 0.3 is 6.09 Å². The van der Waals surface area contributed by atoms with Crippen molar-refractivity contribution in [3.05, 3.63) is 41.6 Å². The first-order valence-electron chi connectivity index (χ1n) is 21.0. The van der Waals surface area contributed by atoms with Crippen LogP contribution in [0.25, 0.3) is 10.9 Å². The van der Waals surface area contributed by atoms with E-state index in [1.807, 2.05) is 58.0 Å². The molecule has 5 aliphatic rings. The van der Waals surface area contributed by atoms with Gasteiger partial charge in [0.15, 0.2) is 0 Å². The number of carbonyl (C=O) groups is 4. The standard InChI is InChI=1S/C43H59N5O9S/c1-26(2)24-56-40(52)45-33-13-11-9-7-8-10-12-28-16-19-43(28,39(51)47-58(53,54)41(5)20-21-41)46-37(49)34-23-42(25-48(34)38(33)50)18-17-30-31-22-29(55-6)14-15-32(31)44-35(27(3)4)36(30)57-42/h10,12,14-15,22,26-28,33-34H,7-9,11,13,16-21,23-25H2,1-6H3,(H,45,52)(H,46,49)(H,47,51). The summed E-state index contributed by atoms with van der Waals surface area (Å²) in [5.74, 6) is -0.840. The van der Waals surface area contributed by atoms with Gasteiger partial charge < -0.3 is 29.7 Å². The summed E-state index contributed by atoms with van der Waals surface area (Å²) in [4.78, 5) is 63.6. The Morgan fingerprint density at radius 1 is 1.07 bits per heavy atom.